The second kappa shape index (κ2) is 8.21. The number of carbonyl (C=O) groups is 1. The summed E-state index contributed by atoms with van der Waals surface area (Å²) in [5.74, 6) is 0.698. The average Bonchev–Trinajstić information content (AvgIpc) is 2.61. The van der Waals surface area contributed by atoms with Crippen molar-refractivity contribution in [2.45, 2.75) is 45.1 Å². The van der Waals surface area contributed by atoms with Crippen LogP contribution in [0.2, 0.25) is 5.02 Å². The number of nitrogens with one attached hydrogen (secondary N) is 3. The molecule has 2 amide bonds. The van der Waals surface area contributed by atoms with Crippen molar-refractivity contribution in [1.29, 1.82) is 0 Å². The number of rotatable bonds is 4. The molecule has 0 unspecified atom stereocenters. The van der Waals surface area contributed by atoms with Gasteiger partial charge in [0.05, 0.1) is 11.9 Å². The van der Waals surface area contributed by atoms with Crippen LogP contribution in [-0.4, -0.2) is 17.1 Å². The number of halogens is 1. The number of anilines is 3. The minimum atomic E-state index is -0.167. The molecule has 5 nitrogen and oxygen atoms in total. The van der Waals surface area contributed by atoms with Crippen LogP contribution in [0.3, 0.4) is 0 Å². The Hall–Kier alpha value is -2.27. The van der Waals surface area contributed by atoms with Gasteiger partial charge in [0.2, 0.25) is 0 Å². The third-order valence-corrected chi connectivity index (χ3v) is 4.66. The monoisotopic (exact) mass is 358 g/mol. The van der Waals surface area contributed by atoms with E-state index in [2.05, 4.69) is 20.9 Å². The molecule has 1 saturated carbocycles. The highest BCUT2D eigenvalue weighted by Crippen LogP contribution is 2.24. The van der Waals surface area contributed by atoms with Crippen LogP contribution in [0.25, 0.3) is 0 Å². The van der Waals surface area contributed by atoms with Gasteiger partial charge in [0, 0.05) is 16.8 Å². The summed E-state index contributed by atoms with van der Waals surface area (Å²) in [4.78, 5) is 16.4. The minimum Gasteiger partial charge on any atom is -0.340 e. The fourth-order valence-electron chi connectivity index (χ4n) is 3.01. The van der Waals surface area contributed by atoms with E-state index in [1.54, 1.807) is 6.20 Å². The van der Waals surface area contributed by atoms with Gasteiger partial charge in [0.15, 0.2) is 0 Å². The van der Waals surface area contributed by atoms with E-state index in [4.69, 9.17) is 11.6 Å². The molecule has 6 heteroatoms. The molecule has 0 saturated heterocycles. The number of pyridine rings is 1. The van der Waals surface area contributed by atoms with Crippen molar-refractivity contribution in [3.63, 3.8) is 0 Å². The topological polar surface area (TPSA) is 66.0 Å². The van der Waals surface area contributed by atoms with Crippen molar-refractivity contribution >= 4 is 34.8 Å². The number of urea groups is 1. The number of benzene rings is 1. The molecule has 0 spiro atoms. The summed E-state index contributed by atoms with van der Waals surface area (Å²) in [6.07, 6.45) is 7.42. The van der Waals surface area contributed by atoms with Crippen LogP contribution in [0.15, 0.2) is 36.5 Å². The third kappa shape index (κ3) is 5.10. The van der Waals surface area contributed by atoms with E-state index in [9.17, 15) is 4.79 Å². The van der Waals surface area contributed by atoms with Gasteiger partial charge < -0.3 is 16.0 Å². The molecule has 0 bridgehead atoms. The molecular weight excluding hydrogens is 336 g/mol. The first-order chi connectivity index (χ1) is 12.1. The largest absolute Gasteiger partial charge is 0.340 e. The van der Waals surface area contributed by atoms with Gasteiger partial charge in [-0.3, -0.25) is 0 Å². The number of hydrogen-bond acceptors (Lipinski definition) is 3. The highest BCUT2D eigenvalue weighted by Gasteiger charge is 2.15. The average molecular weight is 359 g/mol. The van der Waals surface area contributed by atoms with E-state index in [-0.39, 0.29) is 12.1 Å². The summed E-state index contributed by atoms with van der Waals surface area (Å²) in [6.45, 7) is 2.00. The molecule has 1 aliphatic rings. The van der Waals surface area contributed by atoms with E-state index < -0.39 is 0 Å². The Morgan fingerprint density at radius 1 is 1.16 bits per heavy atom. The van der Waals surface area contributed by atoms with E-state index in [0.717, 1.165) is 24.1 Å². The van der Waals surface area contributed by atoms with E-state index >= 15 is 0 Å². The lowest BCUT2D eigenvalue weighted by Crippen LogP contribution is -2.39. The Balaban J connectivity index is 1.56. The van der Waals surface area contributed by atoms with Crippen LogP contribution in [0.5, 0.6) is 0 Å². The van der Waals surface area contributed by atoms with E-state index in [0.29, 0.717) is 16.5 Å². The first-order valence-electron chi connectivity index (χ1n) is 8.67. The summed E-state index contributed by atoms with van der Waals surface area (Å²) >= 11 is 6.03. The minimum absolute atomic E-state index is 0.167. The predicted octanol–water partition coefficient (Wildman–Crippen LogP) is 5.24. The van der Waals surface area contributed by atoms with Gasteiger partial charge in [-0.2, -0.15) is 0 Å². The van der Waals surface area contributed by atoms with Gasteiger partial charge in [0.1, 0.15) is 5.82 Å². The van der Waals surface area contributed by atoms with Gasteiger partial charge in [-0.25, -0.2) is 9.78 Å². The second-order valence-corrected chi connectivity index (χ2v) is 6.89. The van der Waals surface area contributed by atoms with Crippen molar-refractivity contribution in [3.05, 3.63) is 47.1 Å². The normalized spacial score (nSPS) is 14.8. The molecule has 1 aromatic heterocycles. The van der Waals surface area contributed by atoms with Crippen LogP contribution in [0.4, 0.5) is 22.0 Å². The molecule has 1 aliphatic carbocycles. The smallest absolute Gasteiger partial charge is 0.319 e. The van der Waals surface area contributed by atoms with E-state index in [1.807, 2.05) is 37.3 Å². The molecular formula is C19H23ClN4O. The number of aromatic nitrogens is 1. The number of nitrogens with zero attached hydrogens (tertiary/aromatic N) is 1. The van der Waals surface area contributed by atoms with Crippen LogP contribution >= 0.6 is 11.6 Å². The van der Waals surface area contributed by atoms with Crippen LogP contribution in [0.1, 0.15) is 37.7 Å². The molecule has 3 rings (SSSR count). The summed E-state index contributed by atoms with van der Waals surface area (Å²) in [5, 5.41) is 9.77. The number of amides is 2. The predicted molar refractivity (Wildman–Crippen MR) is 103 cm³/mol. The summed E-state index contributed by atoms with van der Waals surface area (Å²) in [5.41, 5.74) is 2.66. The Morgan fingerprint density at radius 3 is 2.68 bits per heavy atom. The van der Waals surface area contributed by atoms with Gasteiger partial charge >= 0.3 is 6.03 Å². The summed E-state index contributed by atoms with van der Waals surface area (Å²) < 4.78 is 0. The van der Waals surface area contributed by atoms with Crippen molar-refractivity contribution in [1.82, 2.24) is 10.3 Å². The third-order valence-electron chi connectivity index (χ3n) is 4.42. The van der Waals surface area contributed by atoms with Crippen molar-refractivity contribution in [2.24, 2.45) is 0 Å². The molecule has 132 valence electrons. The van der Waals surface area contributed by atoms with Crippen LogP contribution in [0, 0.1) is 6.92 Å². The fraction of sp³-hybridized carbons (Fsp3) is 0.368. The molecule has 1 aromatic carbocycles. The first kappa shape index (κ1) is 17.5. The quantitative estimate of drug-likeness (QED) is 0.700. The molecule has 0 atom stereocenters. The Bertz CT molecular complexity index is 727. The zero-order valence-corrected chi connectivity index (χ0v) is 15.1. The lowest BCUT2D eigenvalue weighted by atomic mass is 9.96. The Morgan fingerprint density at radius 2 is 1.96 bits per heavy atom. The second-order valence-electron chi connectivity index (χ2n) is 6.45. The summed E-state index contributed by atoms with van der Waals surface area (Å²) in [6, 6.07) is 9.45. The van der Waals surface area contributed by atoms with Gasteiger partial charge in [-0.15, -0.1) is 0 Å². The van der Waals surface area contributed by atoms with Gasteiger partial charge in [0.25, 0.3) is 0 Å². The number of hydrogen-bond donors (Lipinski definition) is 3. The summed E-state index contributed by atoms with van der Waals surface area (Å²) in [7, 11) is 0. The number of carbonyl (C=O) groups excluding carboxylic acids is 1. The molecule has 25 heavy (non-hydrogen) atoms. The van der Waals surface area contributed by atoms with Crippen molar-refractivity contribution < 1.29 is 4.79 Å². The number of aryl methyl sites for hydroxylation is 1. The Kier molecular flexibility index (Phi) is 5.76. The molecule has 2 aromatic rings. The van der Waals surface area contributed by atoms with E-state index in [1.165, 1.54) is 19.3 Å². The highest BCUT2D eigenvalue weighted by molar-refractivity contribution is 6.30. The van der Waals surface area contributed by atoms with Crippen molar-refractivity contribution in [2.75, 3.05) is 10.6 Å². The molecule has 3 N–H and O–H groups in total. The van der Waals surface area contributed by atoms with Crippen LogP contribution < -0.4 is 16.0 Å². The fourth-order valence-corrected chi connectivity index (χ4v) is 3.18. The van der Waals surface area contributed by atoms with Crippen molar-refractivity contribution in [3.8, 4) is 0 Å². The zero-order valence-electron chi connectivity index (χ0n) is 14.3. The molecule has 1 fully saturated rings. The lowest BCUT2D eigenvalue weighted by molar-refractivity contribution is 0.244. The SMILES string of the molecule is Cc1ccc(Cl)cc1Nc1ccc(NC(=O)NC2CCCCC2)cn1. The standard InChI is InChI=1S/C19H23ClN4O/c1-13-7-8-14(20)11-17(13)24-18-10-9-16(12-21-18)23-19(25)22-15-5-3-2-4-6-15/h7-12,15H,2-6H2,1H3,(H,21,24)(H2,22,23,25). The molecule has 1 heterocycles. The molecule has 0 radical (unpaired) electrons. The lowest BCUT2D eigenvalue weighted by Gasteiger charge is -2.22. The maximum atomic E-state index is 12.1. The zero-order chi connectivity index (χ0) is 17.6. The maximum absolute atomic E-state index is 12.1. The van der Waals surface area contributed by atoms with Gasteiger partial charge in [-0.05, 0) is 49.6 Å². The Labute approximate surface area is 153 Å². The first-order valence-corrected chi connectivity index (χ1v) is 9.05. The maximum Gasteiger partial charge on any atom is 0.319 e. The van der Waals surface area contributed by atoms with Gasteiger partial charge in [-0.1, -0.05) is 36.9 Å². The van der Waals surface area contributed by atoms with Crippen LogP contribution in [-0.2, 0) is 0 Å². The molecule has 0 aliphatic heterocycles. The highest BCUT2D eigenvalue weighted by atomic mass is 35.5.